The van der Waals surface area contributed by atoms with Crippen LogP contribution in [0.3, 0.4) is 0 Å². The van der Waals surface area contributed by atoms with Crippen LogP contribution < -0.4 is 11.1 Å². The smallest absolute Gasteiger partial charge is 0.253 e. The maximum Gasteiger partial charge on any atom is 0.253 e. The third kappa shape index (κ3) is 2.92. The molecule has 15 heavy (non-hydrogen) atoms. The van der Waals surface area contributed by atoms with Crippen molar-refractivity contribution >= 4 is 17.3 Å². The molecule has 5 heteroatoms. The lowest BCUT2D eigenvalue weighted by Gasteiger charge is -2.11. The van der Waals surface area contributed by atoms with Crippen LogP contribution in [0.2, 0.25) is 0 Å². The Bertz CT molecular complexity index is 368. The Kier molecular flexibility index (Phi) is 3.62. The number of methoxy groups -OCH3 is 1. The van der Waals surface area contributed by atoms with E-state index < -0.39 is 17.8 Å². The second kappa shape index (κ2) is 4.75. The van der Waals surface area contributed by atoms with Crippen molar-refractivity contribution < 1.29 is 13.9 Å². The van der Waals surface area contributed by atoms with Gasteiger partial charge in [0.15, 0.2) is 0 Å². The van der Waals surface area contributed by atoms with Crippen LogP contribution in [0.25, 0.3) is 0 Å². The number of carbonyl (C=O) groups is 1. The van der Waals surface area contributed by atoms with Crippen LogP contribution in [0, 0.1) is 5.82 Å². The number of ether oxygens (including phenoxy) is 1. The van der Waals surface area contributed by atoms with Crippen molar-refractivity contribution in [3.05, 3.63) is 24.0 Å². The summed E-state index contributed by atoms with van der Waals surface area (Å²) in [5.41, 5.74) is 5.91. The summed E-state index contributed by atoms with van der Waals surface area (Å²) in [6, 6.07) is 3.97. The van der Waals surface area contributed by atoms with Crippen LogP contribution in [0.15, 0.2) is 18.2 Å². The molecule has 0 radical (unpaired) electrons. The number of rotatable bonds is 3. The van der Waals surface area contributed by atoms with E-state index in [1.54, 1.807) is 6.92 Å². The maximum atomic E-state index is 13.2. The second-order valence-corrected chi connectivity index (χ2v) is 3.11. The van der Waals surface area contributed by atoms with E-state index in [-0.39, 0.29) is 5.69 Å². The van der Waals surface area contributed by atoms with Crippen molar-refractivity contribution in [2.75, 3.05) is 18.2 Å². The van der Waals surface area contributed by atoms with Crippen molar-refractivity contribution in [1.29, 1.82) is 0 Å². The van der Waals surface area contributed by atoms with Crippen LogP contribution in [-0.2, 0) is 9.53 Å². The third-order valence-corrected chi connectivity index (χ3v) is 1.97. The molecule has 0 fully saturated rings. The van der Waals surface area contributed by atoms with Crippen molar-refractivity contribution in [2.24, 2.45) is 0 Å². The standard InChI is InChI=1S/C10H13FN2O2/c1-6(15-2)10(14)13-9-5-7(12)3-4-8(9)11/h3-6H,12H2,1-2H3,(H,13,14). The number of nitrogens with one attached hydrogen (secondary N) is 1. The lowest BCUT2D eigenvalue weighted by molar-refractivity contribution is -0.124. The molecule has 0 spiro atoms. The number of anilines is 2. The highest BCUT2D eigenvalue weighted by Gasteiger charge is 2.13. The highest BCUT2D eigenvalue weighted by Crippen LogP contribution is 2.17. The molecule has 1 atom stereocenters. The molecule has 1 unspecified atom stereocenters. The van der Waals surface area contributed by atoms with E-state index in [4.69, 9.17) is 10.5 Å². The summed E-state index contributed by atoms with van der Waals surface area (Å²) in [4.78, 5) is 11.4. The monoisotopic (exact) mass is 212 g/mol. The third-order valence-electron chi connectivity index (χ3n) is 1.97. The number of nitrogens with two attached hydrogens (primary N) is 1. The largest absolute Gasteiger partial charge is 0.399 e. The molecule has 82 valence electrons. The number of halogens is 1. The van der Waals surface area contributed by atoms with Crippen LogP contribution in [0.4, 0.5) is 15.8 Å². The maximum absolute atomic E-state index is 13.2. The van der Waals surface area contributed by atoms with Gasteiger partial charge >= 0.3 is 0 Å². The predicted octanol–water partition coefficient (Wildman–Crippen LogP) is 1.38. The van der Waals surface area contributed by atoms with E-state index in [0.29, 0.717) is 5.69 Å². The van der Waals surface area contributed by atoms with Crippen molar-refractivity contribution in [2.45, 2.75) is 13.0 Å². The highest BCUT2D eigenvalue weighted by molar-refractivity contribution is 5.94. The Morgan fingerprint density at radius 1 is 1.60 bits per heavy atom. The van der Waals surface area contributed by atoms with Gasteiger partial charge < -0.3 is 15.8 Å². The number of hydrogen-bond acceptors (Lipinski definition) is 3. The minimum Gasteiger partial charge on any atom is -0.399 e. The molecule has 0 bridgehead atoms. The normalized spacial score (nSPS) is 12.2. The molecule has 1 amide bonds. The van der Waals surface area contributed by atoms with E-state index in [0.717, 1.165) is 0 Å². The van der Waals surface area contributed by atoms with Gasteiger partial charge in [0, 0.05) is 12.8 Å². The van der Waals surface area contributed by atoms with Gasteiger partial charge in [0.25, 0.3) is 5.91 Å². The quantitative estimate of drug-likeness (QED) is 0.744. The first-order valence-electron chi connectivity index (χ1n) is 4.43. The fourth-order valence-electron chi connectivity index (χ4n) is 0.980. The van der Waals surface area contributed by atoms with Gasteiger partial charge in [-0.3, -0.25) is 4.79 Å². The van der Waals surface area contributed by atoms with Gasteiger partial charge in [-0.1, -0.05) is 0 Å². The molecule has 1 aromatic rings. The summed E-state index contributed by atoms with van der Waals surface area (Å²) in [5, 5.41) is 2.38. The van der Waals surface area contributed by atoms with Crippen molar-refractivity contribution in [3.8, 4) is 0 Å². The van der Waals surface area contributed by atoms with Crippen LogP contribution >= 0.6 is 0 Å². The van der Waals surface area contributed by atoms with Crippen molar-refractivity contribution in [1.82, 2.24) is 0 Å². The Morgan fingerprint density at radius 2 is 2.27 bits per heavy atom. The van der Waals surface area contributed by atoms with Gasteiger partial charge in [0.2, 0.25) is 0 Å². The molecule has 4 nitrogen and oxygen atoms in total. The summed E-state index contributed by atoms with van der Waals surface area (Å²) in [5.74, 6) is -0.942. The zero-order chi connectivity index (χ0) is 11.4. The lowest BCUT2D eigenvalue weighted by atomic mass is 10.2. The van der Waals surface area contributed by atoms with Gasteiger partial charge in [0.05, 0.1) is 5.69 Å². The summed E-state index contributed by atoms with van der Waals surface area (Å²) < 4.78 is 18.0. The molecular formula is C10H13FN2O2. The molecule has 0 aromatic heterocycles. The Balaban J connectivity index is 2.80. The highest BCUT2D eigenvalue weighted by atomic mass is 19.1. The first kappa shape index (κ1) is 11.5. The van der Waals surface area contributed by atoms with Gasteiger partial charge in [-0.25, -0.2) is 4.39 Å². The van der Waals surface area contributed by atoms with Gasteiger partial charge in [-0.2, -0.15) is 0 Å². The minimum absolute atomic E-state index is 0.0592. The number of hydrogen-bond donors (Lipinski definition) is 2. The molecule has 1 rings (SSSR count). The van der Waals surface area contributed by atoms with E-state index in [2.05, 4.69) is 5.32 Å². The molecule has 0 aliphatic carbocycles. The van der Waals surface area contributed by atoms with Crippen LogP contribution in [0.5, 0.6) is 0 Å². The van der Waals surface area contributed by atoms with E-state index in [9.17, 15) is 9.18 Å². The first-order valence-corrected chi connectivity index (χ1v) is 4.43. The number of carbonyl (C=O) groups excluding carboxylic acids is 1. The van der Waals surface area contributed by atoms with Crippen LogP contribution in [-0.4, -0.2) is 19.1 Å². The second-order valence-electron chi connectivity index (χ2n) is 3.11. The fraction of sp³-hybridized carbons (Fsp3) is 0.300. The Hall–Kier alpha value is -1.62. The number of nitrogen functional groups attached to an aromatic ring is 1. The molecule has 0 saturated heterocycles. The lowest BCUT2D eigenvalue weighted by Crippen LogP contribution is -2.26. The first-order chi connectivity index (χ1) is 7.04. The average Bonchev–Trinajstić information content (AvgIpc) is 2.22. The predicted molar refractivity (Wildman–Crippen MR) is 55.9 cm³/mol. The summed E-state index contributed by atoms with van der Waals surface area (Å²) in [6.07, 6.45) is -0.633. The SMILES string of the molecule is COC(C)C(=O)Nc1cc(N)ccc1F. The Labute approximate surface area is 87.2 Å². The zero-order valence-corrected chi connectivity index (χ0v) is 8.58. The molecule has 0 aliphatic heterocycles. The summed E-state index contributed by atoms with van der Waals surface area (Å²) >= 11 is 0. The van der Waals surface area contributed by atoms with Gasteiger partial charge in [0.1, 0.15) is 11.9 Å². The topological polar surface area (TPSA) is 64.3 Å². The minimum atomic E-state index is -0.633. The van der Waals surface area contributed by atoms with E-state index in [1.807, 2.05) is 0 Å². The summed E-state index contributed by atoms with van der Waals surface area (Å²) in [6.45, 7) is 1.57. The molecule has 3 N–H and O–H groups in total. The van der Waals surface area contributed by atoms with Crippen LogP contribution in [0.1, 0.15) is 6.92 Å². The molecule has 1 aromatic carbocycles. The number of benzene rings is 1. The fourth-order valence-corrected chi connectivity index (χ4v) is 0.980. The zero-order valence-electron chi connectivity index (χ0n) is 8.58. The number of amides is 1. The van der Waals surface area contributed by atoms with Gasteiger partial charge in [-0.15, -0.1) is 0 Å². The van der Waals surface area contributed by atoms with Gasteiger partial charge in [-0.05, 0) is 25.1 Å². The molecule has 0 heterocycles. The molecule has 0 aliphatic rings. The van der Waals surface area contributed by atoms with Crippen molar-refractivity contribution in [3.63, 3.8) is 0 Å². The van der Waals surface area contributed by atoms with E-state index >= 15 is 0 Å². The Morgan fingerprint density at radius 3 is 2.87 bits per heavy atom. The summed E-state index contributed by atoms with van der Waals surface area (Å²) in [7, 11) is 1.40. The molecular weight excluding hydrogens is 199 g/mol. The molecule has 0 saturated carbocycles. The average molecular weight is 212 g/mol. The van der Waals surface area contributed by atoms with E-state index in [1.165, 1.54) is 25.3 Å².